The van der Waals surface area contributed by atoms with Gasteiger partial charge in [-0.05, 0) is 30.7 Å². The molecule has 3 rings (SSSR count). The number of fused-ring (bicyclic) bond motifs is 1. The Kier molecular flexibility index (Phi) is 4.77. The zero-order valence-corrected chi connectivity index (χ0v) is 12.2. The van der Waals surface area contributed by atoms with Crippen LogP contribution in [0.5, 0.6) is 5.75 Å². The third-order valence-electron chi connectivity index (χ3n) is 2.96. The number of hydrogen-bond donors (Lipinski definition) is 1. The molecular formula is C17H20N2O. The van der Waals surface area contributed by atoms with Gasteiger partial charge in [-0.1, -0.05) is 44.2 Å². The van der Waals surface area contributed by atoms with Crippen LogP contribution in [0.3, 0.4) is 0 Å². The van der Waals surface area contributed by atoms with Gasteiger partial charge in [-0.25, -0.2) is 0 Å². The molecule has 2 aromatic carbocycles. The molecule has 0 aliphatic rings. The molecule has 1 aromatic heterocycles. The van der Waals surface area contributed by atoms with E-state index in [1.54, 1.807) is 0 Å². The lowest BCUT2D eigenvalue weighted by Crippen LogP contribution is -1.94. The maximum Gasteiger partial charge on any atom is 0.120 e. The quantitative estimate of drug-likeness (QED) is 0.760. The van der Waals surface area contributed by atoms with Crippen molar-refractivity contribution in [3.8, 4) is 5.75 Å². The highest BCUT2D eigenvalue weighted by Gasteiger charge is 2.03. The van der Waals surface area contributed by atoms with E-state index in [0.29, 0.717) is 6.61 Å². The first-order chi connectivity index (χ1) is 9.83. The van der Waals surface area contributed by atoms with E-state index >= 15 is 0 Å². The summed E-state index contributed by atoms with van der Waals surface area (Å²) >= 11 is 0. The molecule has 0 saturated carbocycles. The van der Waals surface area contributed by atoms with Gasteiger partial charge in [0.2, 0.25) is 0 Å². The maximum absolute atomic E-state index is 5.78. The van der Waals surface area contributed by atoms with Crippen LogP contribution in [-0.4, -0.2) is 10.2 Å². The summed E-state index contributed by atoms with van der Waals surface area (Å²) in [4.78, 5) is 0. The Balaban J connectivity index is 0.000000704. The first kappa shape index (κ1) is 14.1. The van der Waals surface area contributed by atoms with E-state index in [-0.39, 0.29) is 0 Å². The van der Waals surface area contributed by atoms with Crippen LogP contribution >= 0.6 is 0 Å². The van der Waals surface area contributed by atoms with Gasteiger partial charge in [-0.2, -0.15) is 5.10 Å². The van der Waals surface area contributed by atoms with Crippen LogP contribution in [-0.2, 0) is 6.61 Å². The van der Waals surface area contributed by atoms with Crippen molar-refractivity contribution in [2.45, 2.75) is 27.4 Å². The zero-order valence-electron chi connectivity index (χ0n) is 12.2. The predicted octanol–water partition coefficient (Wildman–Crippen LogP) is 4.48. The van der Waals surface area contributed by atoms with Gasteiger partial charge in [0.25, 0.3) is 0 Å². The molecule has 0 aliphatic carbocycles. The van der Waals surface area contributed by atoms with Crippen molar-refractivity contribution in [3.63, 3.8) is 0 Å². The van der Waals surface area contributed by atoms with Gasteiger partial charge in [-0.3, -0.25) is 5.10 Å². The number of H-pyrrole nitrogens is 1. The predicted molar refractivity (Wildman–Crippen MR) is 83.0 cm³/mol. The van der Waals surface area contributed by atoms with Gasteiger partial charge in [0.15, 0.2) is 0 Å². The Bertz CT molecular complexity index is 659. The smallest absolute Gasteiger partial charge is 0.120 e. The molecule has 3 aromatic rings. The summed E-state index contributed by atoms with van der Waals surface area (Å²) in [5.74, 6) is 0.871. The Morgan fingerprint density at radius 2 is 1.80 bits per heavy atom. The Labute approximate surface area is 119 Å². The van der Waals surface area contributed by atoms with E-state index in [1.165, 1.54) is 5.56 Å². The lowest BCUT2D eigenvalue weighted by Gasteiger charge is -2.06. The molecule has 1 N–H and O–H groups in total. The van der Waals surface area contributed by atoms with Crippen molar-refractivity contribution >= 4 is 10.9 Å². The number of rotatable bonds is 3. The fourth-order valence-electron chi connectivity index (χ4n) is 1.95. The minimum Gasteiger partial charge on any atom is -0.489 e. The largest absolute Gasteiger partial charge is 0.489 e. The highest BCUT2D eigenvalue weighted by atomic mass is 16.5. The molecule has 0 fully saturated rings. The Hall–Kier alpha value is -2.29. The average molecular weight is 268 g/mol. The SMILES string of the molecule is CC.Cc1[nH]nc2ccc(OCc3ccccc3)cc12. The molecular weight excluding hydrogens is 248 g/mol. The van der Waals surface area contributed by atoms with E-state index in [2.05, 4.69) is 22.3 Å². The van der Waals surface area contributed by atoms with E-state index < -0.39 is 0 Å². The molecule has 0 aliphatic heterocycles. The van der Waals surface area contributed by atoms with Crippen LogP contribution < -0.4 is 4.74 Å². The second-order valence-electron chi connectivity index (χ2n) is 4.30. The van der Waals surface area contributed by atoms with Gasteiger partial charge in [-0.15, -0.1) is 0 Å². The standard InChI is InChI=1S/C15H14N2O.C2H6/c1-11-14-9-13(7-8-15(14)17-16-11)18-10-12-5-3-2-4-6-12;1-2/h2-9H,10H2,1H3,(H,16,17);1-2H3. The topological polar surface area (TPSA) is 37.9 Å². The number of hydrogen-bond acceptors (Lipinski definition) is 2. The van der Waals surface area contributed by atoms with Crippen LogP contribution in [0.15, 0.2) is 48.5 Å². The summed E-state index contributed by atoms with van der Waals surface area (Å²) in [6, 6.07) is 16.1. The van der Waals surface area contributed by atoms with Gasteiger partial charge >= 0.3 is 0 Å². The fourth-order valence-corrected chi connectivity index (χ4v) is 1.95. The van der Waals surface area contributed by atoms with Gasteiger partial charge in [0.05, 0.1) is 5.52 Å². The van der Waals surface area contributed by atoms with Crippen LogP contribution in [0, 0.1) is 6.92 Å². The molecule has 3 nitrogen and oxygen atoms in total. The molecule has 104 valence electrons. The van der Waals surface area contributed by atoms with Crippen LogP contribution in [0.1, 0.15) is 25.1 Å². The first-order valence-electron chi connectivity index (χ1n) is 6.94. The molecule has 0 bridgehead atoms. The van der Waals surface area contributed by atoms with Crippen LogP contribution in [0.4, 0.5) is 0 Å². The minimum absolute atomic E-state index is 0.587. The first-order valence-corrected chi connectivity index (χ1v) is 6.94. The summed E-state index contributed by atoms with van der Waals surface area (Å²) < 4.78 is 5.78. The number of benzene rings is 2. The van der Waals surface area contributed by atoms with Crippen LogP contribution in [0.25, 0.3) is 10.9 Å². The number of aromatic amines is 1. The van der Waals surface area contributed by atoms with Crippen molar-refractivity contribution in [1.82, 2.24) is 10.2 Å². The minimum atomic E-state index is 0.587. The highest BCUT2D eigenvalue weighted by Crippen LogP contribution is 2.22. The van der Waals surface area contributed by atoms with E-state index in [1.807, 2.05) is 57.2 Å². The second-order valence-corrected chi connectivity index (χ2v) is 4.30. The van der Waals surface area contributed by atoms with Gasteiger partial charge in [0, 0.05) is 11.1 Å². The van der Waals surface area contributed by atoms with Gasteiger partial charge < -0.3 is 4.74 Å². The number of aryl methyl sites for hydroxylation is 1. The number of aromatic nitrogens is 2. The van der Waals surface area contributed by atoms with E-state index in [0.717, 1.165) is 22.3 Å². The van der Waals surface area contributed by atoms with Crippen molar-refractivity contribution in [3.05, 3.63) is 59.8 Å². The lowest BCUT2D eigenvalue weighted by atomic mass is 10.2. The van der Waals surface area contributed by atoms with Crippen molar-refractivity contribution in [2.75, 3.05) is 0 Å². The molecule has 0 atom stereocenters. The molecule has 0 amide bonds. The lowest BCUT2D eigenvalue weighted by molar-refractivity contribution is 0.306. The van der Waals surface area contributed by atoms with Crippen LogP contribution in [0.2, 0.25) is 0 Å². The highest BCUT2D eigenvalue weighted by molar-refractivity contribution is 5.82. The molecule has 0 spiro atoms. The maximum atomic E-state index is 5.78. The third-order valence-corrected chi connectivity index (χ3v) is 2.96. The van der Waals surface area contributed by atoms with E-state index in [9.17, 15) is 0 Å². The molecule has 1 heterocycles. The van der Waals surface area contributed by atoms with Crippen molar-refractivity contribution in [2.24, 2.45) is 0 Å². The summed E-state index contributed by atoms with van der Waals surface area (Å²) in [6.07, 6.45) is 0. The van der Waals surface area contributed by atoms with Crippen molar-refractivity contribution < 1.29 is 4.74 Å². The molecule has 0 saturated heterocycles. The van der Waals surface area contributed by atoms with Gasteiger partial charge in [0.1, 0.15) is 12.4 Å². The summed E-state index contributed by atoms with van der Waals surface area (Å²) in [7, 11) is 0. The molecule has 20 heavy (non-hydrogen) atoms. The number of nitrogens with zero attached hydrogens (tertiary/aromatic N) is 1. The third kappa shape index (κ3) is 3.18. The second kappa shape index (κ2) is 6.75. The normalized spacial score (nSPS) is 9.95. The molecule has 0 unspecified atom stereocenters. The zero-order chi connectivity index (χ0) is 14.4. The monoisotopic (exact) mass is 268 g/mol. The van der Waals surface area contributed by atoms with E-state index in [4.69, 9.17) is 4.74 Å². The summed E-state index contributed by atoms with van der Waals surface area (Å²) in [5.41, 5.74) is 3.20. The molecule has 0 radical (unpaired) electrons. The summed E-state index contributed by atoms with van der Waals surface area (Å²) in [6.45, 7) is 6.60. The molecule has 3 heteroatoms. The number of nitrogens with one attached hydrogen (secondary N) is 1. The van der Waals surface area contributed by atoms with Crippen molar-refractivity contribution in [1.29, 1.82) is 0 Å². The average Bonchev–Trinajstić information content (AvgIpc) is 2.89. The summed E-state index contributed by atoms with van der Waals surface area (Å²) in [5, 5.41) is 8.28. The Morgan fingerprint density at radius 3 is 2.55 bits per heavy atom. The fraction of sp³-hybridized carbons (Fsp3) is 0.235. The Morgan fingerprint density at radius 1 is 1.05 bits per heavy atom. The number of ether oxygens (including phenoxy) is 1.